The normalized spacial score (nSPS) is 12.8. The van der Waals surface area contributed by atoms with Gasteiger partial charge in [0, 0.05) is 12.6 Å². The number of rotatable bonds is 4. The Morgan fingerprint density at radius 3 is 2.38 bits per heavy atom. The largest absolute Gasteiger partial charge is 0.289 e. The topological polar surface area (TPSA) is 12.4 Å². The lowest BCUT2D eigenvalue weighted by Gasteiger charge is -2.06. The molecule has 0 saturated carbocycles. The minimum atomic E-state index is 0.214. The second kappa shape index (κ2) is 6.36. The molecule has 0 aliphatic heterocycles. The average Bonchev–Trinajstić information content (AvgIpc) is 2.55. The maximum Gasteiger partial charge on any atom is 0.0717 e. The van der Waals surface area contributed by atoms with Crippen LogP contribution in [0.15, 0.2) is 77.8 Å². The van der Waals surface area contributed by atoms with Crippen molar-refractivity contribution in [2.75, 3.05) is 0 Å². The highest BCUT2D eigenvalue weighted by Crippen LogP contribution is 2.17. The Morgan fingerprint density at radius 2 is 1.57 bits per heavy atom. The van der Waals surface area contributed by atoms with Crippen LogP contribution in [-0.2, 0) is 6.42 Å². The van der Waals surface area contributed by atoms with E-state index in [2.05, 4.69) is 78.6 Å². The van der Waals surface area contributed by atoms with Gasteiger partial charge in [0.15, 0.2) is 0 Å². The lowest BCUT2D eigenvalue weighted by molar-refractivity contribution is 0.822. The molecule has 0 heterocycles. The van der Waals surface area contributed by atoms with Crippen LogP contribution in [-0.4, -0.2) is 6.21 Å². The summed E-state index contributed by atoms with van der Waals surface area (Å²) in [6, 6.07) is 25.7. The van der Waals surface area contributed by atoms with E-state index in [0.717, 1.165) is 6.42 Å². The van der Waals surface area contributed by atoms with Crippen LogP contribution in [0.4, 0.5) is 0 Å². The Labute approximate surface area is 126 Å². The minimum Gasteiger partial charge on any atom is -0.289 e. The number of hydrogen-bond acceptors (Lipinski definition) is 1. The Kier molecular flexibility index (Phi) is 4.11. The predicted octanol–water partition coefficient (Wildman–Crippen LogP) is 5.21. The molecule has 0 spiro atoms. The molecule has 21 heavy (non-hydrogen) atoms. The van der Waals surface area contributed by atoms with Gasteiger partial charge in [-0.25, -0.2) is 0 Å². The van der Waals surface area contributed by atoms with Crippen LogP contribution in [0.1, 0.15) is 24.1 Å². The number of aliphatic imine (C=N–C) groups is 1. The Bertz CT molecular complexity index is 744. The molecule has 1 atom stereocenters. The van der Waals surface area contributed by atoms with Gasteiger partial charge in [-0.3, -0.25) is 4.99 Å². The summed E-state index contributed by atoms with van der Waals surface area (Å²) >= 11 is 0. The summed E-state index contributed by atoms with van der Waals surface area (Å²) in [6.07, 6.45) is 2.91. The van der Waals surface area contributed by atoms with E-state index in [1.807, 2.05) is 12.3 Å². The first kappa shape index (κ1) is 13.6. The van der Waals surface area contributed by atoms with Crippen LogP contribution in [0.3, 0.4) is 0 Å². The molecule has 1 nitrogen and oxygen atoms in total. The van der Waals surface area contributed by atoms with E-state index in [0.29, 0.717) is 0 Å². The fourth-order valence-electron chi connectivity index (χ4n) is 2.50. The molecule has 104 valence electrons. The summed E-state index contributed by atoms with van der Waals surface area (Å²) in [5.41, 5.74) is 2.56. The third-order valence-corrected chi connectivity index (χ3v) is 3.75. The molecule has 0 saturated heterocycles. The standard InChI is InChI=1S/C20H19N/c1-16(18-7-3-2-4-8-18)21-14-13-17-11-12-19-9-5-6-10-20(19)15-17/h2-12,14-16H,13H2,1H3. The summed E-state index contributed by atoms with van der Waals surface area (Å²) in [7, 11) is 0. The van der Waals surface area contributed by atoms with E-state index in [1.54, 1.807) is 0 Å². The SMILES string of the molecule is CC(N=CCc1ccc2ccccc2c1)c1ccccc1. The van der Waals surface area contributed by atoms with E-state index in [9.17, 15) is 0 Å². The molecule has 1 unspecified atom stereocenters. The second-order valence-electron chi connectivity index (χ2n) is 5.30. The lowest BCUT2D eigenvalue weighted by atomic mass is 10.1. The van der Waals surface area contributed by atoms with E-state index in [4.69, 9.17) is 0 Å². The molecule has 3 aromatic carbocycles. The van der Waals surface area contributed by atoms with Gasteiger partial charge in [0.25, 0.3) is 0 Å². The predicted molar refractivity (Wildman–Crippen MR) is 91.0 cm³/mol. The van der Waals surface area contributed by atoms with Gasteiger partial charge in [0.1, 0.15) is 0 Å². The molecular weight excluding hydrogens is 254 g/mol. The van der Waals surface area contributed by atoms with E-state index >= 15 is 0 Å². The van der Waals surface area contributed by atoms with Crippen molar-refractivity contribution >= 4 is 17.0 Å². The zero-order valence-corrected chi connectivity index (χ0v) is 12.2. The summed E-state index contributed by atoms with van der Waals surface area (Å²) in [5, 5.41) is 2.58. The van der Waals surface area contributed by atoms with Crippen LogP contribution in [0.2, 0.25) is 0 Å². The third-order valence-electron chi connectivity index (χ3n) is 3.75. The van der Waals surface area contributed by atoms with Crippen molar-refractivity contribution < 1.29 is 0 Å². The zero-order valence-electron chi connectivity index (χ0n) is 12.2. The first-order valence-electron chi connectivity index (χ1n) is 7.37. The van der Waals surface area contributed by atoms with Gasteiger partial charge in [-0.2, -0.15) is 0 Å². The molecular formula is C20H19N. The third kappa shape index (κ3) is 3.38. The monoisotopic (exact) mass is 273 g/mol. The van der Waals surface area contributed by atoms with Gasteiger partial charge in [-0.05, 0) is 28.8 Å². The van der Waals surface area contributed by atoms with Crippen LogP contribution in [0, 0.1) is 0 Å². The van der Waals surface area contributed by atoms with Gasteiger partial charge in [0.2, 0.25) is 0 Å². The fourth-order valence-corrected chi connectivity index (χ4v) is 2.50. The van der Waals surface area contributed by atoms with E-state index < -0.39 is 0 Å². The first-order chi connectivity index (χ1) is 10.3. The molecule has 0 aromatic heterocycles. The van der Waals surface area contributed by atoms with Gasteiger partial charge < -0.3 is 0 Å². The molecule has 0 radical (unpaired) electrons. The Morgan fingerprint density at radius 1 is 0.857 bits per heavy atom. The molecule has 0 bridgehead atoms. The van der Waals surface area contributed by atoms with Crippen molar-refractivity contribution in [1.29, 1.82) is 0 Å². The smallest absolute Gasteiger partial charge is 0.0717 e. The molecule has 0 amide bonds. The van der Waals surface area contributed by atoms with Crippen LogP contribution >= 0.6 is 0 Å². The molecule has 0 N–H and O–H groups in total. The molecule has 1 heteroatoms. The van der Waals surface area contributed by atoms with Gasteiger partial charge in [0.05, 0.1) is 6.04 Å². The number of benzene rings is 3. The molecule has 3 rings (SSSR count). The van der Waals surface area contributed by atoms with Gasteiger partial charge in [-0.1, -0.05) is 72.8 Å². The van der Waals surface area contributed by atoms with E-state index in [1.165, 1.54) is 21.9 Å². The minimum absolute atomic E-state index is 0.214. The van der Waals surface area contributed by atoms with Crippen molar-refractivity contribution in [3.8, 4) is 0 Å². The van der Waals surface area contributed by atoms with Crippen molar-refractivity contribution in [2.24, 2.45) is 4.99 Å². The zero-order chi connectivity index (χ0) is 14.5. The quantitative estimate of drug-likeness (QED) is 0.578. The van der Waals surface area contributed by atoms with E-state index in [-0.39, 0.29) is 6.04 Å². The number of fused-ring (bicyclic) bond motifs is 1. The first-order valence-corrected chi connectivity index (χ1v) is 7.37. The summed E-state index contributed by atoms with van der Waals surface area (Å²) in [4.78, 5) is 4.64. The van der Waals surface area contributed by atoms with Crippen molar-refractivity contribution in [3.63, 3.8) is 0 Å². The second-order valence-corrected chi connectivity index (χ2v) is 5.30. The van der Waals surface area contributed by atoms with Crippen LogP contribution < -0.4 is 0 Å². The van der Waals surface area contributed by atoms with Crippen LogP contribution in [0.5, 0.6) is 0 Å². The molecule has 0 aliphatic carbocycles. The number of nitrogens with zero attached hydrogens (tertiary/aromatic N) is 1. The van der Waals surface area contributed by atoms with Gasteiger partial charge in [-0.15, -0.1) is 0 Å². The maximum absolute atomic E-state index is 4.64. The fraction of sp³-hybridized carbons (Fsp3) is 0.150. The molecule has 0 aliphatic rings. The summed E-state index contributed by atoms with van der Waals surface area (Å²) in [5.74, 6) is 0. The Hall–Kier alpha value is -2.41. The van der Waals surface area contributed by atoms with Crippen molar-refractivity contribution in [1.82, 2.24) is 0 Å². The molecule has 0 fully saturated rings. The van der Waals surface area contributed by atoms with Crippen molar-refractivity contribution in [2.45, 2.75) is 19.4 Å². The highest BCUT2D eigenvalue weighted by molar-refractivity contribution is 5.83. The molecule has 3 aromatic rings. The van der Waals surface area contributed by atoms with Gasteiger partial charge >= 0.3 is 0 Å². The summed E-state index contributed by atoms with van der Waals surface area (Å²) < 4.78 is 0. The summed E-state index contributed by atoms with van der Waals surface area (Å²) in [6.45, 7) is 2.13. The maximum atomic E-state index is 4.64. The average molecular weight is 273 g/mol. The Balaban J connectivity index is 1.70. The highest BCUT2D eigenvalue weighted by Gasteiger charge is 2.00. The van der Waals surface area contributed by atoms with Crippen molar-refractivity contribution in [3.05, 3.63) is 83.9 Å². The highest BCUT2D eigenvalue weighted by atomic mass is 14.7. The van der Waals surface area contributed by atoms with Crippen LogP contribution in [0.25, 0.3) is 10.8 Å². The number of hydrogen-bond donors (Lipinski definition) is 0. The lowest BCUT2D eigenvalue weighted by Crippen LogP contribution is -1.92.